The fourth-order valence-electron chi connectivity index (χ4n) is 1.78. The van der Waals surface area contributed by atoms with Crippen molar-refractivity contribution in [3.05, 3.63) is 22.4 Å². The molecule has 1 amide bonds. The zero-order valence-electron chi connectivity index (χ0n) is 9.46. The van der Waals surface area contributed by atoms with Crippen LogP contribution in [0.25, 0.3) is 0 Å². The van der Waals surface area contributed by atoms with Gasteiger partial charge in [0.05, 0.1) is 12.8 Å². The first kappa shape index (κ1) is 12.1. The van der Waals surface area contributed by atoms with Crippen LogP contribution in [-0.4, -0.2) is 34.5 Å². The number of aliphatic carboxylic acids is 1. The number of nitrogens with zero attached hydrogens (tertiary/aromatic N) is 1. The molecule has 0 bridgehead atoms. The fourth-order valence-corrected chi connectivity index (χ4v) is 2.45. The van der Waals surface area contributed by atoms with Crippen LogP contribution in [0.4, 0.5) is 0 Å². The van der Waals surface area contributed by atoms with Crippen LogP contribution in [0.2, 0.25) is 0 Å². The lowest BCUT2D eigenvalue weighted by Gasteiger charge is -2.21. The molecule has 1 fully saturated rings. The Kier molecular flexibility index (Phi) is 3.78. The molecule has 1 aromatic rings. The second kappa shape index (κ2) is 5.31. The van der Waals surface area contributed by atoms with Crippen LogP contribution in [0.15, 0.2) is 16.8 Å². The Labute approximate surface area is 104 Å². The van der Waals surface area contributed by atoms with Crippen LogP contribution >= 0.6 is 11.3 Å². The molecule has 0 unspecified atom stereocenters. The quantitative estimate of drug-likeness (QED) is 0.840. The SMILES string of the molecule is O=C(O)CCN(C(=O)Cc1ccsc1)C1CC1. The molecule has 0 radical (unpaired) electrons. The largest absolute Gasteiger partial charge is 0.481 e. The zero-order valence-corrected chi connectivity index (χ0v) is 10.3. The van der Waals surface area contributed by atoms with Crippen LogP contribution in [-0.2, 0) is 16.0 Å². The minimum atomic E-state index is -0.848. The van der Waals surface area contributed by atoms with Gasteiger partial charge in [-0.1, -0.05) is 0 Å². The first-order valence-corrected chi connectivity index (χ1v) is 6.63. The smallest absolute Gasteiger partial charge is 0.305 e. The summed E-state index contributed by atoms with van der Waals surface area (Å²) in [7, 11) is 0. The van der Waals surface area contributed by atoms with Crippen LogP contribution < -0.4 is 0 Å². The van der Waals surface area contributed by atoms with Crippen molar-refractivity contribution in [1.82, 2.24) is 4.90 Å². The van der Waals surface area contributed by atoms with Crippen LogP contribution in [0.3, 0.4) is 0 Å². The van der Waals surface area contributed by atoms with Gasteiger partial charge >= 0.3 is 5.97 Å². The molecule has 0 saturated heterocycles. The Hall–Kier alpha value is -1.36. The number of carbonyl (C=O) groups excluding carboxylic acids is 1. The second-order valence-corrected chi connectivity index (χ2v) is 5.05. The maximum Gasteiger partial charge on any atom is 0.305 e. The third kappa shape index (κ3) is 3.56. The van der Waals surface area contributed by atoms with Gasteiger partial charge in [0.1, 0.15) is 0 Å². The molecular formula is C12H15NO3S. The molecule has 1 saturated carbocycles. The van der Waals surface area contributed by atoms with E-state index in [1.54, 1.807) is 16.2 Å². The number of hydrogen-bond donors (Lipinski definition) is 1. The molecule has 1 heterocycles. The van der Waals surface area contributed by atoms with Crippen molar-refractivity contribution in [2.45, 2.75) is 31.7 Å². The van der Waals surface area contributed by atoms with Gasteiger partial charge in [-0.15, -0.1) is 0 Å². The highest BCUT2D eigenvalue weighted by atomic mass is 32.1. The summed E-state index contributed by atoms with van der Waals surface area (Å²) in [4.78, 5) is 24.3. The van der Waals surface area contributed by atoms with Crippen molar-refractivity contribution in [3.8, 4) is 0 Å². The number of rotatable bonds is 6. The summed E-state index contributed by atoms with van der Waals surface area (Å²) in [5.41, 5.74) is 1.01. The van der Waals surface area contributed by atoms with Gasteiger partial charge in [-0.25, -0.2) is 0 Å². The first-order chi connectivity index (χ1) is 8.16. The summed E-state index contributed by atoms with van der Waals surface area (Å²) in [5.74, 6) is -0.800. The second-order valence-electron chi connectivity index (χ2n) is 4.27. The number of carboxylic acids is 1. The lowest BCUT2D eigenvalue weighted by Crippen LogP contribution is -2.36. The van der Waals surface area contributed by atoms with Crippen LogP contribution in [0, 0.1) is 0 Å². The Balaban J connectivity index is 1.91. The maximum absolute atomic E-state index is 12.0. The molecule has 1 aliphatic carbocycles. The number of thiophene rings is 1. The van der Waals surface area contributed by atoms with Crippen molar-refractivity contribution in [3.63, 3.8) is 0 Å². The van der Waals surface area contributed by atoms with Crippen molar-refractivity contribution in [2.75, 3.05) is 6.54 Å². The van der Waals surface area contributed by atoms with Crippen molar-refractivity contribution >= 4 is 23.2 Å². The summed E-state index contributed by atoms with van der Waals surface area (Å²) in [5, 5.41) is 12.6. The summed E-state index contributed by atoms with van der Waals surface area (Å²) in [6.45, 7) is 0.336. The summed E-state index contributed by atoms with van der Waals surface area (Å²) >= 11 is 1.57. The Morgan fingerprint density at radius 3 is 2.76 bits per heavy atom. The molecule has 2 rings (SSSR count). The lowest BCUT2D eigenvalue weighted by molar-refractivity contribution is -0.138. The van der Waals surface area contributed by atoms with E-state index in [1.165, 1.54) is 0 Å². The predicted molar refractivity (Wildman–Crippen MR) is 65.0 cm³/mol. The topological polar surface area (TPSA) is 57.6 Å². The van der Waals surface area contributed by atoms with Crippen LogP contribution in [0.1, 0.15) is 24.8 Å². The third-order valence-corrected chi connectivity index (χ3v) is 3.54. The molecular weight excluding hydrogens is 238 g/mol. The maximum atomic E-state index is 12.0. The Morgan fingerprint density at radius 2 is 2.24 bits per heavy atom. The van der Waals surface area contributed by atoms with E-state index in [0.29, 0.717) is 13.0 Å². The summed E-state index contributed by atoms with van der Waals surface area (Å²) in [6, 6.07) is 2.21. The van der Waals surface area contributed by atoms with E-state index in [9.17, 15) is 9.59 Å². The third-order valence-electron chi connectivity index (χ3n) is 2.81. The van der Waals surface area contributed by atoms with E-state index >= 15 is 0 Å². The number of carboxylic acid groups (broad SMARTS) is 1. The molecule has 1 aliphatic rings. The minimum Gasteiger partial charge on any atom is -0.481 e. The summed E-state index contributed by atoms with van der Waals surface area (Å²) < 4.78 is 0. The van der Waals surface area contributed by atoms with Crippen molar-refractivity contribution in [1.29, 1.82) is 0 Å². The average molecular weight is 253 g/mol. The van der Waals surface area contributed by atoms with E-state index in [4.69, 9.17) is 5.11 Å². The molecule has 0 aromatic carbocycles. The normalized spacial score (nSPS) is 14.6. The molecule has 0 atom stereocenters. The van der Waals surface area contributed by atoms with Gasteiger partial charge in [0.25, 0.3) is 0 Å². The Morgan fingerprint density at radius 1 is 1.47 bits per heavy atom. The average Bonchev–Trinajstić information content (AvgIpc) is 2.97. The molecule has 1 aromatic heterocycles. The van der Waals surface area contributed by atoms with Gasteiger partial charge in [0.15, 0.2) is 0 Å². The molecule has 92 valence electrons. The predicted octanol–water partition coefficient (Wildman–Crippen LogP) is 1.76. The highest BCUT2D eigenvalue weighted by Gasteiger charge is 2.32. The van der Waals surface area contributed by atoms with Crippen molar-refractivity contribution < 1.29 is 14.7 Å². The van der Waals surface area contributed by atoms with E-state index < -0.39 is 5.97 Å². The molecule has 5 heteroatoms. The van der Waals surface area contributed by atoms with Gasteiger partial charge in [-0.2, -0.15) is 11.3 Å². The van der Waals surface area contributed by atoms with Crippen molar-refractivity contribution in [2.24, 2.45) is 0 Å². The van der Waals surface area contributed by atoms with E-state index in [0.717, 1.165) is 18.4 Å². The van der Waals surface area contributed by atoms with Gasteiger partial charge in [-0.3, -0.25) is 9.59 Å². The number of carbonyl (C=O) groups is 2. The monoisotopic (exact) mass is 253 g/mol. The molecule has 0 spiro atoms. The lowest BCUT2D eigenvalue weighted by atomic mass is 10.2. The van der Waals surface area contributed by atoms with Gasteiger partial charge in [0.2, 0.25) is 5.91 Å². The van der Waals surface area contributed by atoms with Gasteiger partial charge in [-0.05, 0) is 35.2 Å². The van der Waals surface area contributed by atoms with Gasteiger partial charge < -0.3 is 10.0 Å². The molecule has 1 N–H and O–H groups in total. The number of amides is 1. The minimum absolute atomic E-state index is 0.0336. The zero-order chi connectivity index (χ0) is 12.3. The van der Waals surface area contributed by atoms with Gasteiger partial charge in [0, 0.05) is 12.6 Å². The first-order valence-electron chi connectivity index (χ1n) is 5.69. The highest BCUT2D eigenvalue weighted by molar-refractivity contribution is 7.07. The molecule has 4 nitrogen and oxygen atoms in total. The van der Waals surface area contributed by atoms with E-state index in [2.05, 4.69) is 0 Å². The van der Waals surface area contributed by atoms with E-state index in [1.807, 2.05) is 16.8 Å². The standard InChI is InChI=1S/C12H15NO3S/c14-11(7-9-4-6-17-8-9)13(10-1-2-10)5-3-12(15)16/h4,6,8,10H,1-3,5,7H2,(H,15,16). The highest BCUT2D eigenvalue weighted by Crippen LogP contribution is 2.27. The number of hydrogen-bond acceptors (Lipinski definition) is 3. The molecule has 0 aliphatic heterocycles. The Bertz CT molecular complexity index is 398. The van der Waals surface area contributed by atoms with Crippen LogP contribution in [0.5, 0.6) is 0 Å². The fraction of sp³-hybridized carbons (Fsp3) is 0.500. The summed E-state index contributed by atoms with van der Waals surface area (Å²) in [6.07, 6.45) is 2.44. The van der Waals surface area contributed by atoms with E-state index in [-0.39, 0.29) is 18.4 Å². The molecule has 17 heavy (non-hydrogen) atoms.